The Bertz CT molecular complexity index is 577. The van der Waals surface area contributed by atoms with E-state index in [2.05, 4.69) is 22.7 Å². The van der Waals surface area contributed by atoms with Gasteiger partial charge < -0.3 is 10.6 Å². The summed E-state index contributed by atoms with van der Waals surface area (Å²) in [6.07, 6.45) is 3.87. The van der Waals surface area contributed by atoms with Crippen molar-refractivity contribution in [1.29, 1.82) is 0 Å². The Morgan fingerprint density at radius 3 is 2.90 bits per heavy atom. The Hall–Kier alpha value is -2.30. The molecule has 0 aliphatic rings. The van der Waals surface area contributed by atoms with E-state index in [0.717, 1.165) is 17.8 Å². The Balaban J connectivity index is 1.99. The first-order valence-electron chi connectivity index (χ1n) is 6.86. The minimum atomic E-state index is -0.0463. The number of aryl methyl sites for hydroxylation is 1. The highest BCUT2D eigenvalue weighted by atomic mass is 16.1. The average molecular weight is 272 g/mol. The van der Waals surface area contributed by atoms with Crippen LogP contribution < -0.4 is 10.6 Å². The molecule has 0 saturated heterocycles. The summed E-state index contributed by atoms with van der Waals surface area (Å²) in [6, 6.07) is 7.50. The molecule has 0 fully saturated rings. The van der Waals surface area contributed by atoms with E-state index in [4.69, 9.17) is 0 Å². The minimum Gasteiger partial charge on any atom is -0.381 e. The number of hydrogen-bond donors (Lipinski definition) is 2. The molecule has 0 radical (unpaired) electrons. The van der Waals surface area contributed by atoms with Crippen LogP contribution in [0.5, 0.6) is 0 Å². The van der Waals surface area contributed by atoms with Gasteiger partial charge in [-0.25, -0.2) is 0 Å². The van der Waals surface area contributed by atoms with E-state index in [9.17, 15) is 4.79 Å². The molecule has 0 aliphatic heterocycles. The lowest BCUT2D eigenvalue weighted by Crippen LogP contribution is -2.22. The van der Waals surface area contributed by atoms with Crippen LogP contribution in [0, 0.1) is 0 Å². The molecule has 106 valence electrons. The summed E-state index contributed by atoms with van der Waals surface area (Å²) in [4.78, 5) is 11.8. The lowest BCUT2D eigenvalue weighted by atomic mass is 10.2. The highest BCUT2D eigenvalue weighted by molar-refractivity contribution is 5.95. The molecule has 5 nitrogen and oxygen atoms in total. The van der Waals surface area contributed by atoms with Crippen molar-refractivity contribution in [2.75, 3.05) is 11.9 Å². The van der Waals surface area contributed by atoms with Crippen LogP contribution in [-0.2, 0) is 13.1 Å². The van der Waals surface area contributed by atoms with Crippen LogP contribution in [0.15, 0.2) is 36.7 Å². The number of nitrogens with zero attached hydrogens (tertiary/aromatic N) is 2. The fraction of sp³-hybridized carbons (Fsp3) is 0.333. The van der Waals surface area contributed by atoms with Crippen molar-refractivity contribution in [2.24, 2.45) is 0 Å². The summed E-state index contributed by atoms with van der Waals surface area (Å²) in [5, 5.41) is 10.3. The van der Waals surface area contributed by atoms with Crippen molar-refractivity contribution in [3.8, 4) is 0 Å². The van der Waals surface area contributed by atoms with Gasteiger partial charge in [0.15, 0.2) is 0 Å². The summed E-state index contributed by atoms with van der Waals surface area (Å²) in [6.45, 7) is 6.16. The first kappa shape index (κ1) is 14.1. The van der Waals surface area contributed by atoms with Gasteiger partial charge in [0.05, 0.1) is 6.20 Å². The maximum Gasteiger partial charge on any atom is 0.251 e. The number of carbonyl (C=O) groups is 1. The van der Waals surface area contributed by atoms with Crippen LogP contribution in [0.25, 0.3) is 0 Å². The molecule has 1 amide bonds. The molecule has 0 saturated carbocycles. The number of anilines is 1. The monoisotopic (exact) mass is 272 g/mol. The molecule has 1 aromatic heterocycles. The molecule has 0 atom stereocenters. The van der Waals surface area contributed by atoms with Crippen LogP contribution in [0.1, 0.15) is 29.8 Å². The molecule has 0 bridgehead atoms. The average Bonchev–Trinajstić information content (AvgIpc) is 2.94. The highest BCUT2D eigenvalue weighted by Gasteiger charge is 2.04. The molecule has 20 heavy (non-hydrogen) atoms. The van der Waals surface area contributed by atoms with E-state index < -0.39 is 0 Å². The zero-order chi connectivity index (χ0) is 14.4. The van der Waals surface area contributed by atoms with Gasteiger partial charge >= 0.3 is 0 Å². The van der Waals surface area contributed by atoms with Gasteiger partial charge in [-0.15, -0.1) is 0 Å². The van der Waals surface area contributed by atoms with Gasteiger partial charge in [-0.1, -0.05) is 6.07 Å². The maximum absolute atomic E-state index is 11.8. The third-order valence-electron chi connectivity index (χ3n) is 2.97. The molecule has 2 rings (SSSR count). The molecule has 5 heteroatoms. The number of nitrogens with one attached hydrogen (secondary N) is 2. The Morgan fingerprint density at radius 1 is 1.35 bits per heavy atom. The summed E-state index contributed by atoms with van der Waals surface area (Å²) in [7, 11) is 0. The molecule has 0 spiro atoms. The third kappa shape index (κ3) is 3.60. The van der Waals surface area contributed by atoms with Gasteiger partial charge in [0.1, 0.15) is 0 Å². The number of benzene rings is 1. The quantitative estimate of drug-likeness (QED) is 0.848. The summed E-state index contributed by atoms with van der Waals surface area (Å²) >= 11 is 0. The van der Waals surface area contributed by atoms with Crippen molar-refractivity contribution < 1.29 is 4.79 Å². The van der Waals surface area contributed by atoms with Crippen LogP contribution in [0.4, 0.5) is 5.69 Å². The smallest absolute Gasteiger partial charge is 0.251 e. The molecule has 1 aromatic carbocycles. The fourth-order valence-corrected chi connectivity index (χ4v) is 1.91. The summed E-state index contributed by atoms with van der Waals surface area (Å²) in [5.41, 5.74) is 2.72. The van der Waals surface area contributed by atoms with Gasteiger partial charge in [0.2, 0.25) is 0 Å². The predicted molar refractivity (Wildman–Crippen MR) is 79.7 cm³/mol. The first-order chi connectivity index (χ1) is 9.72. The minimum absolute atomic E-state index is 0.0463. The second-order valence-corrected chi connectivity index (χ2v) is 4.50. The molecular formula is C15H20N4O. The number of carbonyl (C=O) groups excluding carboxylic acids is 1. The van der Waals surface area contributed by atoms with Crippen LogP contribution in [0.2, 0.25) is 0 Å². The largest absolute Gasteiger partial charge is 0.381 e. The van der Waals surface area contributed by atoms with Crippen molar-refractivity contribution in [3.05, 3.63) is 47.8 Å². The van der Waals surface area contributed by atoms with Gasteiger partial charge in [-0.2, -0.15) is 5.10 Å². The Kier molecular flexibility index (Phi) is 4.76. The van der Waals surface area contributed by atoms with Crippen molar-refractivity contribution in [1.82, 2.24) is 15.1 Å². The zero-order valence-corrected chi connectivity index (χ0v) is 11.9. The first-order valence-corrected chi connectivity index (χ1v) is 6.86. The molecule has 2 aromatic rings. The van der Waals surface area contributed by atoms with Crippen molar-refractivity contribution >= 4 is 11.6 Å². The number of amides is 1. The van der Waals surface area contributed by atoms with E-state index in [-0.39, 0.29) is 5.91 Å². The van der Waals surface area contributed by atoms with Crippen LogP contribution in [-0.4, -0.2) is 22.2 Å². The predicted octanol–water partition coefficient (Wildman–Crippen LogP) is 2.26. The summed E-state index contributed by atoms with van der Waals surface area (Å²) < 4.78 is 1.89. The molecule has 0 unspecified atom stereocenters. The number of hydrogen-bond acceptors (Lipinski definition) is 3. The lowest BCUT2D eigenvalue weighted by molar-refractivity contribution is 0.0956. The highest BCUT2D eigenvalue weighted by Crippen LogP contribution is 2.12. The van der Waals surface area contributed by atoms with E-state index >= 15 is 0 Å². The third-order valence-corrected chi connectivity index (χ3v) is 2.97. The number of rotatable bonds is 6. The maximum atomic E-state index is 11.8. The molecular weight excluding hydrogens is 252 g/mol. The second-order valence-electron chi connectivity index (χ2n) is 4.50. The van der Waals surface area contributed by atoms with E-state index in [1.165, 1.54) is 0 Å². The zero-order valence-electron chi connectivity index (χ0n) is 11.9. The van der Waals surface area contributed by atoms with Crippen molar-refractivity contribution in [2.45, 2.75) is 26.9 Å². The van der Waals surface area contributed by atoms with Gasteiger partial charge in [0, 0.05) is 42.6 Å². The fourth-order valence-electron chi connectivity index (χ4n) is 1.91. The standard InChI is InChI=1S/C15H20N4O/c1-3-16-15(20)13-6-5-7-14(8-13)17-9-12-10-18-19(4-2)11-12/h5-8,10-11,17H,3-4,9H2,1-2H3,(H,16,20). The Morgan fingerprint density at radius 2 is 2.20 bits per heavy atom. The van der Waals surface area contributed by atoms with Crippen LogP contribution in [0.3, 0.4) is 0 Å². The Labute approximate surface area is 119 Å². The number of aromatic nitrogens is 2. The van der Waals surface area contributed by atoms with E-state index in [1.54, 1.807) is 0 Å². The topological polar surface area (TPSA) is 59.0 Å². The van der Waals surface area contributed by atoms with Gasteiger partial charge in [0.25, 0.3) is 5.91 Å². The van der Waals surface area contributed by atoms with Crippen molar-refractivity contribution in [3.63, 3.8) is 0 Å². The molecule has 2 N–H and O–H groups in total. The SMILES string of the molecule is CCNC(=O)c1cccc(NCc2cnn(CC)c2)c1. The molecule has 1 heterocycles. The van der Waals surface area contributed by atoms with E-state index in [0.29, 0.717) is 18.7 Å². The van der Waals surface area contributed by atoms with E-state index in [1.807, 2.05) is 48.3 Å². The lowest BCUT2D eigenvalue weighted by Gasteiger charge is -2.07. The van der Waals surface area contributed by atoms with Gasteiger partial charge in [-0.05, 0) is 32.0 Å². The second kappa shape index (κ2) is 6.75. The molecule has 0 aliphatic carbocycles. The van der Waals surface area contributed by atoms with Crippen LogP contribution >= 0.6 is 0 Å². The normalized spacial score (nSPS) is 10.3. The summed E-state index contributed by atoms with van der Waals surface area (Å²) in [5.74, 6) is -0.0463. The van der Waals surface area contributed by atoms with Gasteiger partial charge in [-0.3, -0.25) is 9.48 Å².